The molecule has 11 heteroatoms. The van der Waals surface area contributed by atoms with E-state index in [1.54, 1.807) is 30.6 Å². The predicted molar refractivity (Wildman–Crippen MR) is 116 cm³/mol. The van der Waals surface area contributed by atoms with Gasteiger partial charge in [0.2, 0.25) is 0 Å². The molecular weight excluding hydrogens is 451 g/mol. The first-order chi connectivity index (χ1) is 15.9. The van der Waals surface area contributed by atoms with E-state index >= 15 is 0 Å². The van der Waals surface area contributed by atoms with Gasteiger partial charge in [-0.2, -0.15) is 0 Å². The molecule has 1 fully saturated rings. The van der Waals surface area contributed by atoms with Crippen molar-refractivity contribution in [2.75, 3.05) is 6.61 Å². The standard InChI is InChI=1S/C22H21FN4O5S/c1-2-31-22(30)20-19(32-20)21(29)27-15(7-14-9-24-11-25-14)17(28)8-18-26-16(10-33-18)12-3-5-13(23)6-4-12/h3-6,9-11,15,19-20H,2,7-8H2,1H3,(H,24,25)(H,27,29)/t15-,19+,20+/m0/s1. The number of rotatable bonds is 10. The molecule has 1 aliphatic heterocycles. The number of carbonyl (C=O) groups is 3. The largest absolute Gasteiger partial charge is 0.464 e. The molecular formula is C22H21FN4O5S. The molecule has 2 aromatic heterocycles. The molecule has 1 amide bonds. The van der Waals surface area contributed by atoms with Crippen LogP contribution in [0.3, 0.4) is 0 Å². The van der Waals surface area contributed by atoms with Gasteiger partial charge in [-0.25, -0.2) is 19.2 Å². The highest BCUT2D eigenvalue weighted by molar-refractivity contribution is 7.10. The lowest BCUT2D eigenvalue weighted by Crippen LogP contribution is -2.45. The Labute approximate surface area is 192 Å². The number of imidazole rings is 1. The zero-order chi connectivity index (χ0) is 23.4. The second kappa shape index (κ2) is 10.0. The van der Waals surface area contributed by atoms with E-state index in [1.165, 1.54) is 29.8 Å². The van der Waals surface area contributed by atoms with Crippen LogP contribution in [0.5, 0.6) is 0 Å². The van der Waals surface area contributed by atoms with Crippen LogP contribution in [0.15, 0.2) is 42.2 Å². The Morgan fingerprint density at radius 1 is 1.27 bits per heavy atom. The van der Waals surface area contributed by atoms with Crippen LogP contribution in [0.25, 0.3) is 11.3 Å². The second-order valence-electron chi connectivity index (χ2n) is 7.35. The first kappa shape index (κ1) is 22.7. The van der Waals surface area contributed by atoms with Gasteiger partial charge in [-0.1, -0.05) is 0 Å². The van der Waals surface area contributed by atoms with Gasteiger partial charge < -0.3 is 19.8 Å². The number of hydrogen-bond donors (Lipinski definition) is 2. The van der Waals surface area contributed by atoms with Crippen molar-refractivity contribution in [1.82, 2.24) is 20.3 Å². The van der Waals surface area contributed by atoms with Gasteiger partial charge in [-0.3, -0.25) is 9.59 Å². The number of halogens is 1. The molecule has 1 saturated heterocycles. The number of carbonyl (C=O) groups excluding carboxylic acids is 3. The molecule has 3 atom stereocenters. The lowest BCUT2D eigenvalue weighted by molar-refractivity contribution is -0.144. The summed E-state index contributed by atoms with van der Waals surface area (Å²) in [7, 11) is 0. The fourth-order valence-electron chi connectivity index (χ4n) is 3.25. The Hall–Kier alpha value is -3.44. The topological polar surface area (TPSA) is 127 Å². The molecule has 172 valence electrons. The molecule has 3 heterocycles. The highest BCUT2D eigenvalue weighted by Gasteiger charge is 2.52. The van der Waals surface area contributed by atoms with Crippen molar-refractivity contribution in [2.45, 2.75) is 38.0 Å². The van der Waals surface area contributed by atoms with Gasteiger partial charge in [0.25, 0.3) is 5.91 Å². The van der Waals surface area contributed by atoms with E-state index in [2.05, 4.69) is 20.3 Å². The zero-order valence-corrected chi connectivity index (χ0v) is 18.4. The minimum Gasteiger partial charge on any atom is -0.464 e. The fourth-order valence-corrected chi connectivity index (χ4v) is 4.06. The molecule has 2 N–H and O–H groups in total. The minimum atomic E-state index is -0.981. The molecule has 33 heavy (non-hydrogen) atoms. The number of ether oxygens (including phenoxy) is 2. The molecule has 0 saturated carbocycles. The maximum absolute atomic E-state index is 13.2. The lowest BCUT2D eigenvalue weighted by atomic mass is 10.0. The van der Waals surface area contributed by atoms with Crippen molar-refractivity contribution < 1.29 is 28.2 Å². The summed E-state index contributed by atoms with van der Waals surface area (Å²) in [4.78, 5) is 48.7. The van der Waals surface area contributed by atoms with Gasteiger partial charge in [-0.15, -0.1) is 11.3 Å². The second-order valence-corrected chi connectivity index (χ2v) is 8.29. The average Bonchev–Trinajstić information content (AvgIpc) is 3.19. The lowest BCUT2D eigenvalue weighted by Gasteiger charge is -2.16. The molecule has 0 aliphatic carbocycles. The van der Waals surface area contributed by atoms with Gasteiger partial charge in [-0.05, 0) is 31.2 Å². The predicted octanol–water partition coefficient (Wildman–Crippen LogP) is 1.84. The van der Waals surface area contributed by atoms with Gasteiger partial charge >= 0.3 is 5.97 Å². The van der Waals surface area contributed by atoms with Gasteiger partial charge in [0.1, 0.15) is 10.8 Å². The van der Waals surface area contributed by atoms with E-state index in [1.807, 2.05) is 0 Å². The van der Waals surface area contributed by atoms with E-state index in [0.29, 0.717) is 16.4 Å². The molecule has 3 aromatic rings. The molecule has 9 nitrogen and oxygen atoms in total. The maximum atomic E-state index is 13.2. The molecule has 0 bridgehead atoms. The van der Waals surface area contributed by atoms with E-state index in [9.17, 15) is 18.8 Å². The number of nitrogens with zero attached hydrogens (tertiary/aromatic N) is 2. The van der Waals surface area contributed by atoms with Crippen LogP contribution in [0, 0.1) is 5.82 Å². The molecule has 0 unspecified atom stereocenters. The first-order valence-corrected chi connectivity index (χ1v) is 11.2. The molecule has 1 aliphatic rings. The maximum Gasteiger partial charge on any atom is 0.338 e. The number of hydrogen-bond acceptors (Lipinski definition) is 8. The third-order valence-electron chi connectivity index (χ3n) is 4.97. The van der Waals surface area contributed by atoms with E-state index in [4.69, 9.17) is 9.47 Å². The summed E-state index contributed by atoms with van der Waals surface area (Å²) in [6.45, 7) is 1.84. The Morgan fingerprint density at radius 3 is 2.76 bits per heavy atom. The summed E-state index contributed by atoms with van der Waals surface area (Å²) in [6.07, 6.45) is 1.30. The number of benzene rings is 1. The summed E-state index contributed by atoms with van der Waals surface area (Å²) >= 11 is 1.31. The zero-order valence-electron chi connectivity index (χ0n) is 17.6. The van der Waals surface area contributed by atoms with Gasteiger partial charge in [0, 0.05) is 29.3 Å². The van der Waals surface area contributed by atoms with Crippen LogP contribution < -0.4 is 5.32 Å². The third-order valence-corrected chi connectivity index (χ3v) is 5.82. The van der Waals surface area contributed by atoms with Crippen LogP contribution in [0.4, 0.5) is 4.39 Å². The monoisotopic (exact) mass is 472 g/mol. The number of epoxide rings is 1. The number of aromatic amines is 1. The fraction of sp³-hybridized carbons (Fsp3) is 0.318. The van der Waals surface area contributed by atoms with Gasteiger partial charge in [0.15, 0.2) is 18.0 Å². The highest BCUT2D eigenvalue weighted by atomic mass is 32.1. The number of thiazole rings is 1. The Bertz CT molecular complexity index is 1130. The van der Waals surface area contributed by atoms with E-state index in [-0.39, 0.29) is 31.0 Å². The Morgan fingerprint density at radius 2 is 2.06 bits per heavy atom. The third kappa shape index (κ3) is 5.68. The van der Waals surface area contributed by atoms with E-state index in [0.717, 1.165) is 5.56 Å². The number of amides is 1. The number of esters is 1. The quantitative estimate of drug-likeness (QED) is 0.341. The molecule has 0 radical (unpaired) electrons. The average molecular weight is 472 g/mol. The van der Waals surface area contributed by atoms with Crippen molar-refractivity contribution in [3.05, 3.63) is 58.7 Å². The summed E-state index contributed by atoms with van der Waals surface area (Å²) < 4.78 is 23.1. The van der Waals surface area contributed by atoms with Crippen LogP contribution in [-0.2, 0) is 36.7 Å². The van der Waals surface area contributed by atoms with Gasteiger partial charge in [0.05, 0.1) is 31.1 Å². The Balaban J connectivity index is 1.42. The summed E-state index contributed by atoms with van der Waals surface area (Å²) in [5.74, 6) is -1.76. The first-order valence-electron chi connectivity index (χ1n) is 10.3. The number of nitrogens with one attached hydrogen (secondary N) is 2. The summed E-state index contributed by atoms with van der Waals surface area (Å²) in [5.41, 5.74) is 2.05. The van der Waals surface area contributed by atoms with Crippen LogP contribution in [0.2, 0.25) is 0 Å². The van der Waals surface area contributed by atoms with Crippen molar-refractivity contribution in [2.24, 2.45) is 0 Å². The van der Waals surface area contributed by atoms with Crippen molar-refractivity contribution in [1.29, 1.82) is 0 Å². The highest BCUT2D eigenvalue weighted by Crippen LogP contribution is 2.25. The SMILES string of the molecule is CCOC(=O)[C@@H]1O[C@H]1C(=O)N[C@@H](Cc1cnc[nH]1)C(=O)Cc1nc(-c2ccc(F)cc2)cs1. The number of aromatic nitrogens is 3. The molecule has 1 aromatic carbocycles. The minimum absolute atomic E-state index is 0.00221. The summed E-state index contributed by atoms with van der Waals surface area (Å²) in [6, 6.07) is 5.06. The Kier molecular flexibility index (Phi) is 6.90. The van der Waals surface area contributed by atoms with Crippen LogP contribution in [0.1, 0.15) is 17.6 Å². The van der Waals surface area contributed by atoms with Crippen LogP contribution in [-0.4, -0.2) is 57.5 Å². The molecule has 0 spiro atoms. The van der Waals surface area contributed by atoms with E-state index < -0.39 is 30.1 Å². The normalized spacial score (nSPS) is 17.9. The number of H-pyrrole nitrogens is 1. The van der Waals surface area contributed by atoms with Crippen molar-refractivity contribution >= 4 is 29.0 Å². The number of Topliss-reactive ketones (excluding diaryl/α,β-unsaturated/α-hetero) is 1. The van der Waals surface area contributed by atoms with Crippen molar-refractivity contribution in [3.63, 3.8) is 0 Å². The summed E-state index contributed by atoms with van der Waals surface area (Å²) in [5, 5.41) is 5.03. The smallest absolute Gasteiger partial charge is 0.338 e. The van der Waals surface area contributed by atoms with Crippen LogP contribution >= 0.6 is 11.3 Å². The number of ketones is 1. The molecule has 4 rings (SSSR count). The van der Waals surface area contributed by atoms with Crippen molar-refractivity contribution in [3.8, 4) is 11.3 Å².